The summed E-state index contributed by atoms with van der Waals surface area (Å²) in [5.74, 6) is 1.17. The number of para-hydroxylation sites is 3. The summed E-state index contributed by atoms with van der Waals surface area (Å²) >= 11 is 1.55. The number of ether oxygens (including phenoxy) is 1. The third kappa shape index (κ3) is 2.25. The molecule has 1 atom stereocenters. The van der Waals surface area contributed by atoms with E-state index in [4.69, 9.17) is 4.74 Å². The Bertz CT molecular complexity index is 960. The number of aromatic amines is 1. The topological polar surface area (TPSA) is 74.7 Å². The summed E-state index contributed by atoms with van der Waals surface area (Å²) in [7, 11) is 0. The summed E-state index contributed by atoms with van der Waals surface area (Å²) in [5.41, 5.74) is 4.90. The zero-order valence-corrected chi connectivity index (χ0v) is 13.4. The maximum Gasteiger partial charge on any atom is 0.221 e. The van der Waals surface area contributed by atoms with Crippen molar-refractivity contribution in [3.05, 3.63) is 54.1 Å². The van der Waals surface area contributed by atoms with Crippen molar-refractivity contribution in [2.75, 3.05) is 11.1 Å². The van der Waals surface area contributed by atoms with E-state index in [1.165, 1.54) is 0 Å². The van der Waals surface area contributed by atoms with Crippen LogP contribution in [-0.2, 0) is 4.74 Å². The van der Waals surface area contributed by atoms with Crippen LogP contribution in [0, 0.1) is 0 Å². The number of rotatable bonds is 3. The summed E-state index contributed by atoms with van der Waals surface area (Å²) in [6.45, 7) is 0. The van der Waals surface area contributed by atoms with E-state index < -0.39 is 0 Å². The number of imidazole rings is 1. The van der Waals surface area contributed by atoms with Gasteiger partial charge in [0.15, 0.2) is 5.16 Å². The lowest BCUT2D eigenvalue weighted by Gasteiger charge is -2.18. The van der Waals surface area contributed by atoms with Gasteiger partial charge in [0, 0.05) is 11.3 Å². The molecule has 3 heterocycles. The van der Waals surface area contributed by atoms with Crippen LogP contribution in [-0.4, -0.2) is 33.6 Å². The Morgan fingerprint density at radius 2 is 1.92 bits per heavy atom. The molecular weight excluding hydrogens is 322 g/mol. The second-order valence-corrected chi connectivity index (χ2v) is 6.48. The van der Waals surface area contributed by atoms with Crippen molar-refractivity contribution in [3.8, 4) is 0 Å². The highest BCUT2D eigenvalue weighted by molar-refractivity contribution is 7.99. The zero-order chi connectivity index (χ0) is 15.9. The van der Waals surface area contributed by atoms with Gasteiger partial charge in [-0.3, -0.25) is 0 Å². The first-order valence-electron chi connectivity index (χ1n) is 7.61. The van der Waals surface area contributed by atoms with Gasteiger partial charge in [-0.1, -0.05) is 42.1 Å². The molecule has 24 heavy (non-hydrogen) atoms. The standard InChI is InChI=1S/C17H13N5OS/c1-2-6-11-10(5-1)15-16(18-11)23-14(21-22-15)9-24-17-19-12-7-3-4-8-13(12)20-17/h1-8,16,18H,9H2,(H,19,20). The number of hydrogen-bond donors (Lipinski definition) is 2. The number of anilines is 1. The van der Waals surface area contributed by atoms with Gasteiger partial charge < -0.3 is 15.0 Å². The SMILES string of the molecule is c1ccc2c(c1)NC1OC(CSc3nc4ccccc4[nH]3)=NN=C21. The van der Waals surface area contributed by atoms with E-state index in [1.807, 2.05) is 48.5 Å². The van der Waals surface area contributed by atoms with Crippen LogP contribution in [0.4, 0.5) is 5.69 Å². The molecule has 0 spiro atoms. The first-order valence-corrected chi connectivity index (χ1v) is 8.60. The molecule has 118 valence electrons. The summed E-state index contributed by atoms with van der Waals surface area (Å²) in [5, 5.41) is 12.7. The normalized spacial score (nSPS) is 18.2. The first-order chi connectivity index (χ1) is 11.9. The number of benzene rings is 2. The van der Waals surface area contributed by atoms with E-state index in [1.54, 1.807) is 11.8 Å². The zero-order valence-electron chi connectivity index (χ0n) is 12.6. The predicted molar refractivity (Wildman–Crippen MR) is 95.7 cm³/mol. The molecular formula is C17H13N5OS. The minimum atomic E-state index is -0.258. The van der Waals surface area contributed by atoms with Crippen LogP contribution in [0.3, 0.4) is 0 Å². The second kappa shape index (κ2) is 5.38. The number of aromatic nitrogens is 2. The molecule has 2 aromatic carbocycles. The number of hydrogen-bond acceptors (Lipinski definition) is 6. The minimum absolute atomic E-state index is 0.258. The highest BCUT2D eigenvalue weighted by Crippen LogP contribution is 2.29. The lowest BCUT2D eigenvalue weighted by Crippen LogP contribution is -2.32. The fourth-order valence-corrected chi connectivity index (χ4v) is 3.57. The number of nitrogens with one attached hydrogen (secondary N) is 2. The maximum atomic E-state index is 5.93. The smallest absolute Gasteiger partial charge is 0.221 e. The van der Waals surface area contributed by atoms with E-state index in [-0.39, 0.29) is 6.23 Å². The van der Waals surface area contributed by atoms with Gasteiger partial charge in [-0.2, -0.15) is 0 Å². The molecule has 2 N–H and O–H groups in total. The molecule has 6 nitrogen and oxygen atoms in total. The van der Waals surface area contributed by atoms with Gasteiger partial charge in [-0.25, -0.2) is 4.98 Å². The summed E-state index contributed by atoms with van der Waals surface area (Å²) in [6.07, 6.45) is -0.258. The fourth-order valence-electron chi connectivity index (χ4n) is 2.83. The number of fused-ring (bicyclic) bond motifs is 4. The molecule has 7 heteroatoms. The Kier molecular flexibility index (Phi) is 3.05. The largest absolute Gasteiger partial charge is 0.449 e. The van der Waals surface area contributed by atoms with Crippen LogP contribution < -0.4 is 5.32 Å². The molecule has 0 aliphatic carbocycles. The van der Waals surface area contributed by atoms with Gasteiger partial charge in [-0.05, 0) is 18.2 Å². The van der Waals surface area contributed by atoms with Gasteiger partial charge in [-0.15, -0.1) is 10.2 Å². The molecule has 0 fully saturated rings. The Hall–Kier alpha value is -2.80. The quantitative estimate of drug-likeness (QED) is 0.721. The molecule has 0 saturated carbocycles. The third-order valence-corrected chi connectivity index (χ3v) is 4.82. The Morgan fingerprint density at radius 1 is 1.04 bits per heavy atom. The lowest BCUT2D eigenvalue weighted by molar-refractivity contribution is 0.276. The van der Waals surface area contributed by atoms with Crippen molar-refractivity contribution >= 4 is 40.1 Å². The summed E-state index contributed by atoms with van der Waals surface area (Å²) in [4.78, 5) is 7.83. The third-order valence-electron chi connectivity index (χ3n) is 3.96. The van der Waals surface area contributed by atoms with Crippen LogP contribution >= 0.6 is 11.8 Å². The van der Waals surface area contributed by atoms with E-state index in [0.717, 1.165) is 33.2 Å². The molecule has 2 aliphatic rings. The van der Waals surface area contributed by atoms with Crippen LogP contribution in [0.15, 0.2) is 63.9 Å². The lowest BCUT2D eigenvalue weighted by atomic mass is 10.1. The Morgan fingerprint density at radius 3 is 2.88 bits per heavy atom. The van der Waals surface area contributed by atoms with Crippen molar-refractivity contribution < 1.29 is 4.74 Å². The predicted octanol–water partition coefficient (Wildman–Crippen LogP) is 3.24. The van der Waals surface area contributed by atoms with E-state index in [9.17, 15) is 0 Å². The second-order valence-electron chi connectivity index (χ2n) is 5.51. The van der Waals surface area contributed by atoms with Crippen molar-refractivity contribution in [2.24, 2.45) is 10.2 Å². The van der Waals surface area contributed by atoms with Crippen molar-refractivity contribution in [2.45, 2.75) is 11.4 Å². The molecule has 3 aromatic rings. The van der Waals surface area contributed by atoms with Crippen molar-refractivity contribution in [1.29, 1.82) is 0 Å². The molecule has 0 radical (unpaired) electrons. The van der Waals surface area contributed by atoms with Crippen LogP contribution in [0.5, 0.6) is 0 Å². The summed E-state index contributed by atoms with van der Waals surface area (Å²) < 4.78 is 5.93. The molecule has 0 amide bonds. The Balaban J connectivity index is 1.33. The minimum Gasteiger partial charge on any atom is -0.449 e. The van der Waals surface area contributed by atoms with Gasteiger partial charge in [0.1, 0.15) is 5.71 Å². The highest BCUT2D eigenvalue weighted by atomic mass is 32.2. The number of nitrogens with zero attached hydrogens (tertiary/aromatic N) is 3. The van der Waals surface area contributed by atoms with Gasteiger partial charge in [0.2, 0.25) is 12.1 Å². The molecule has 1 unspecified atom stereocenters. The molecule has 2 aliphatic heterocycles. The van der Waals surface area contributed by atoms with E-state index >= 15 is 0 Å². The molecule has 0 saturated heterocycles. The van der Waals surface area contributed by atoms with Crippen molar-refractivity contribution in [1.82, 2.24) is 9.97 Å². The van der Waals surface area contributed by atoms with Crippen LogP contribution in [0.1, 0.15) is 5.56 Å². The number of thioether (sulfide) groups is 1. The maximum absolute atomic E-state index is 5.93. The summed E-state index contributed by atoms with van der Waals surface area (Å²) in [6, 6.07) is 16.0. The molecule has 1 aromatic heterocycles. The molecule has 0 bridgehead atoms. The van der Waals surface area contributed by atoms with E-state index in [0.29, 0.717) is 11.7 Å². The monoisotopic (exact) mass is 335 g/mol. The van der Waals surface area contributed by atoms with Gasteiger partial charge >= 0.3 is 0 Å². The molecule has 5 rings (SSSR count). The Labute approximate surface area is 142 Å². The fraction of sp³-hybridized carbons (Fsp3) is 0.118. The average molecular weight is 335 g/mol. The van der Waals surface area contributed by atoms with Gasteiger partial charge in [0.25, 0.3) is 0 Å². The average Bonchev–Trinajstić information content (AvgIpc) is 3.20. The highest BCUT2D eigenvalue weighted by Gasteiger charge is 2.32. The van der Waals surface area contributed by atoms with Crippen molar-refractivity contribution in [3.63, 3.8) is 0 Å². The number of H-pyrrole nitrogens is 1. The van der Waals surface area contributed by atoms with Gasteiger partial charge in [0.05, 0.1) is 16.8 Å². The van der Waals surface area contributed by atoms with Crippen LogP contribution in [0.2, 0.25) is 0 Å². The van der Waals surface area contributed by atoms with Crippen LogP contribution in [0.25, 0.3) is 11.0 Å². The van der Waals surface area contributed by atoms with E-state index in [2.05, 4.69) is 25.5 Å². The first kappa shape index (κ1) is 13.6.